The lowest BCUT2D eigenvalue weighted by molar-refractivity contribution is -0.134. The lowest BCUT2D eigenvalue weighted by atomic mass is 9.91. The Hall–Kier alpha value is -3.34. The Kier molecular flexibility index (Phi) is 5.36. The Morgan fingerprint density at radius 2 is 2.21 bits per heavy atom. The highest BCUT2D eigenvalue weighted by atomic mass is 16.6. The number of piperidine rings is 1. The number of ether oxygens (including phenoxy) is 1. The van der Waals surface area contributed by atoms with Crippen molar-refractivity contribution >= 4 is 23.4 Å². The van der Waals surface area contributed by atoms with Crippen LogP contribution in [0.5, 0.6) is 0 Å². The molecule has 146 valence electrons. The van der Waals surface area contributed by atoms with Crippen LogP contribution in [-0.4, -0.2) is 39.7 Å². The molecule has 8 heteroatoms. The number of hydrogen-bond donors (Lipinski definition) is 2. The maximum Gasteiger partial charge on any atom is 0.408 e. The Labute approximate surface area is 162 Å². The van der Waals surface area contributed by atoms with Crippen LogP contribution >= 0.6 is 0 Å². The number of pyridine rings is 1. The number of aromatic nitrogens is 2. The van der Waals surface area contributed by atoms with E-state index < -0.39 is 17.6 Å². The van der Waals surface area contributed by atoms with E-state index in [-0.39, 0.29) is 18.4 Å². The predicted molar refractivity (Wildman–Crippen MR) is 101 cm³/mol. The van der Waals surface area contributed by atoms with Gasteiger partial charge in [0.15, 0.2) is 0 Å². The van der Waals surface area contributed by atoms with Crippen molar-refractivity contribution in [2.45, 2.75) is 45.1 Å². The first-order chi connectivity index (χ1) is 13.2. The normalized spacial score (nSPS) is 16.9. The molecular formula is C20H22N4O4. The zero-order valence-electron chi connectivity index (χ0n) is 16.0. The number of nitrogens with zero attached hydrogens (tertiary/aromatic N) is 2. The summed E-state index contributed by atoms with van der Waals surface area (Å²) in [6.07, 6.45) is 3.66. The van der Waals surface area contributed by atoms with Crippen LogP contribution in [0.3, 0.4) is 0 Å². The van der Waals surface area contributed by atoms with E-state index in [1.807, 2.05) is 6.07 Å². The Morgan fingerprint density at radius 1 is 1.43 bits per heavy atom. The monoisotopic (exact) mass is 382 g/mol. The zero-order valence-corrected chi connectivity index (χ0v) is 16.0. The third kappa shape index (κ3) is 4.68. The fourth-order valence-electron chi connectivity index (χ4n) is 2.91. The van der Waals surface area contributed by atoms with E-state index in [1.54, 1.807) is 43.7 Å². The van der Waals surface area contributed by atoms with Gasteiger partial charge in [-0.3, -0.25) is 14.9 Å². The van der Waals surface area contributed by atoms with Gasteiger partial charge in [0.05, 0.1) is 24.2 Å². The molecule has 8 nitrogen and oxygen atoms in total. The van der Waals surface area contributed by atoms with Crippen molar-refractivity contribution in [1.82, 2.24) is 20.2 Å². The lowest BCUT2D eigenvalue weighted by Crippen LogP contribution is -2.39. The average molecular weight is 382 g/mol. The summed E-state index contributed by atoms with van der Waals surface area (Å²) in [5.41, 5.74) is 1.70. The second-order valence-corrected chi connectivity index (χ2v) is 7.51. The second kappa shape index (κ2) is 7.72. The summed E-state index contributed by atoms with van der Waals surface area (Å²) in [6, 6.07) is 3.64. The molecule has 2 aromatic heterocycles. The fourth-order valence-corrected chi connectivity index (χ4v) is 2.91. The van der Waals surface area contributed by atoms with Gasteiger partial charge in [-0.05, 0) is 39.3 Å². The molecule has 2 aromatic rings. The third-order valence-corrected chi connectivity index (χ3v) is 4.12. The van der Waals surface area contributed by atoms with Crippen molar-refractivity contribution in [2.75, 3.05) is 6.54 Å². The molecule has 0 radical (unpaired) electrons. The van der Waals surface area contributed by atoms with E-state index in [2.05, 4.69) is 27.6 Å². The average Bonchev–Trinajstić information content (AvgIpc) is 3.00. The molecule has 0 spiro atoms. The Balaban J connectivity index is 1.72. The van der Waals surface area contributed by atoms with Crippen LogP contribution in [0.15, 0.2) is 24.5 Å². The third-order valence-electron chi connectivity index (χ3n) is 4.12. The molecule has 2 N–H and O–H groups in total. The van der Waals surface area contributed by atoms with Gasteiger partial charge in [0.2, 0.25) is 11.8 Å². The van der Waals surface area contributed by atoms with Gasteiger partial charge in [-0.1, -0.05) is 11.8 Å². The molecule has 3 heterocycles. The highest BCUT2D eigenvalue weighted by Crippen LogP contribution is 2.28. The number of imide groups is 1. The molecular weight excluding hydrogens is 360 g/mol. The quantitative estimate of drug-likeness (QED) is 0.608. The number of nitrogens with one attached hydrogen (secondary N) is 2. The minimum Gasteiger partial charge on any atom is -0.444 e. The first-order valence-corrected chi connectivity index (χ1v) is 8.99. The first-order valence-electron chi connectivity index (χ1n) is 8.99. The molecule has 1 saturated heterocycles. The molecule has 0 saturated carbocycles. The molecule has 1 fully saturated rings. The van der Waals surface area contributed by atoms with Crippen molar-refractivity contribution in [3.63, 3.8) is 0 Å². The Morgan fingerprint density at radius 3 is 2.93 bits per heavy atom. The largest absolute Gasteiger partial charge is 0.444 e. The highest BCUT2D eigenvalue weighted by molar-refractivity contribution is 6.01. The summed E-state index contributed by atoms with van der Waals surface area (Å²) < 4.78 is 6.82. The van der Waals surface area contributed by atoms with E-state index in [4.69, 9.17) is 4.74 Å². The van der Waals surface area contributed by atoms with Crippen molar-refractivity contribution < 1.29 is 19.1 Å². The number of fused-ring (bicyclic) bond motifs is 1. The number of rotatable bonds is 2. The maximum absolute atomic E-state index is 12.2. The first kappa shape index (κ1) is 19.4. The van der Waals surface area contributed by atoms with Gasteiger partial charge in [0.1, 0.15) is 5.60 Å². The van der Waals surface area contributed by atoms with Crippen LogP contribution in [0.25, 0.3) is 5.52 Å². The van der Waals surface area contributed by atoms with Gasteiger partial charge in [0, 0.05) is 23.7 Å². The van der Waals surface area contributed by atoms with Crippen LogP contribution in [0.2, 0.25) is 0 Å². The summed E-state index contributed by atoms with van der Waals surface area (Å²) in [6.45, 7) is 5.52. The van der Waals surface area contributed by atoms with Gasteiger partial charge in [-0.15, -0.1) is 0 Å². The highest BCUT2D eigenvalue weighted by Gasteiger charge is 2.30. The van der Waals surface area contributed by atoms with E-state index in [0.29, 0.717) is 12.8 Å². The summed E-state index contributed by atoms with van der Waals surface area (Å²) in [7, 11) is 0. The predicted octanol–water partition coefficient (Wildman–Crippen LogP) is 1.73. The van der Waals surface area contributed by atoms with Crippen LogP contribution in [0, 0.1) is 11.8 Å². The lowest BCUT2D eigenvalue weighted by Gasteiger charge is -2.19. The van der Waals surface area contributed by atoms with Crippen LogP contribution < -0.4 is 10.6 Å². The van der Waals surface area contributed by atoms with E-state index in [9.17, 15) is 14.4 Å². The molecule has 1 unspecified atom stereocenters. The van der Waals surface area contributed by atoms with Crippen molar-refractivity contribution in [2.24, 2.45) is 0 Å². The fraction of sp³-hybridized carbons (Fsp3) is 0.400. The van der Waals surface area contributed by atoms with Crippen LogP contribution in [0.1, 0.15) is 50.7 Å². The van der Waals surface area contributed by atoms with Gasteiger partial charge >= 0.3 is 6.09 Å². The minimum atomic E-state index is -0.559. The summed E-state index contributed by atoms with van der Waals surface area (Å²) >= 11 is 0. The summed E-state index contributed by atoms with van der Waals surface area (Å²) in [5.74, 6) is 4.89. The molecule has 1 atom stereocenters. The minimum absolute atomic E-state index is 0.152. The number of carbonyl (C=O) groups is 3. The van der Waals surface area contributed by atoms with Crippen molar-refractivity contribution in [1.29, 1.82) is 0 Å². The smallest absolute Gasteiger partial charge is 0.408 e. The van der Waals surface area contributed by atoms with Crippen molar-refractivity contribution in [3.8, 4) is 11.8 Å². The second-order valence-electron chi connectivity index (χ2n) is 7.51. The number of hydrogen-bond acceptors (Lipinski definition) is 5. The van der Waals surface area contributed by atoms with Crippen LogP contribution in [-0.2, 0) is 14.3 Å². The maximum atomic E-state index is 12.2. The van der Waals surface area contributed by atoms with Crippen molar-refractivity contribution in [3.05, 3.63) is 35.7 Å². The number of carbonyl (C=O) groups excluding carboxylic acids is 3. The standard InChI is InChI=1S/C20H22N4O4/c1-20(2,3)28-19(27)21-9-4-5-13-8-10-24-16(11-13)15(12-22-24)14-6-7-17(25)23-18(14)26/h8,10-12,14H,6-7,9H2,1-3H3,(H,21,27)(H,23,25,26). The SMILES string of the molecule is CC(C)(C)OC(=O)NCC#Cc1ccn2ncc(C3CCC(=O)NC3=O)c2c1. The molecule has 0 aromatic carbocycles. The molecule has 0 aliphatic carbocycles. The number of alkyl carbamates (subject to hydrolysis) is 1. The molecule has 1 aliphatic rings. The van der Waals surface area contributed by atoms with Crippen LogP contribution in [0.4, 0.5) is 4.79 Å². The van der Waals surface area contributed by atoms with Gasteiger partial charge in [-0.2, -0.15) is 5.10 Å². The van der Waals surface area contributed by atoms with Gasteiger partial charge < -0.3 is 10.1 Å². The molecule has 3 rings (SSSR count). The molecule has 1 aliphatic heterocycles. The summed E-state index contributed by atoms with van der Waals surface area (Å²) in [5, 5.41) is 9.22. The van der Waals surface area contributed by atoms with Gasteiger partial charge in [0.25, 0.3) is 0 Å². The van der Waals surface area contributed by atoms with E-state index in [0.717, 1.165) is 16.6 Å². The zero-order chi connectivity index (χ0) is 20.3. The molecule has 0 bridgehead atoms. The topological polar surface area (TPSA) is 102 Å². The number of amides is 3. The Bertz CT molecular complexity index is 991. The van der Waals surface area contributed by atoms with Gasteiger partial charge in [-0.25, -0.2) is 9.31 Å². The molecule has 3 amide bonds. The van der Waals surface area contributed by atoms with E-state index >= 15 is 0 Å². The molecule has 28 heavy (non-hydrogen) atoms. The van der Waals surface area contributed by atoms with E-state index in [1.165, 1.54) is 0 Å². The summed E-state index contributed by atoms with van der Waals surface area (Å²) in [4.78, 5) is 35.1.